The monoisotopic (exact) mass is 676 g/mol. The fourth-order valence-corrected chi connectivity index (χ4v) is 6.55. The second-order valence-corrected chi connectivity index (χ2v) is 11.8. The molecule has 5 atom stereocenters. The van der Waals surface area contributed by atoms with Gasteiger partial charge in [-0.15, -0.1) is 5.10 Å². The molecule has 1 aromatic heterocycles. The van der Waals surface area contributed by atoms with Gasteiger partial charge in [-0.2, -0.15) is 26.3 Å². The Morgan fingerprint density at radius 2 is 1.65 bits per heavy atom. The highest BCUT2D eigenvalue weighted by atomic mass is 35.5. The number of alkyl halides is 6. The van der Waals surface area contributed by atoms with Crippen LogP contribution in [0, 0.1) is 10.8 Å². The van der Waals surface area contributed by atoms with Crippen LogP contribution in [0.4, 0.5) is 26.3 Å². The number of nitrogens with one attached hydrogen (secondary N) is 1. The van der Waals surface area contributed by atoms with E-state index < -0.39 is 69.8 Å². The van der Waals surface area contributed by atoms with E-state index >= 15 is 0 Å². The number of piperidine rings is 1. The predicted octanol–water partition coefficient (Wildman–Crippen LogP) is 6.37. The van der Waals surface area contributed by atoms with E-state index in [9.17, 15) is 46.1 Å². The van der Waals surface area contributed by atoms with Crippen molar-refractivity contribution in [2.75, 3.05) is 13.2 Å². The molecule has 3 aromatic rings. The van der Waals surface area contributed by atoms with Crippen molar-refractivity contribution in [3.05, 3.63) is 70.4 Å². The van der Waals surface area contributed by atoms with Crippen LogP contribution in [0.25, 0.3) is 11.3 Å². The molecule has 1 aliphatic heterocycles. The summed E-state index contributed by atoms with van der Waals surface area (Å²) in [6, 6.07) is 5.98. The normalized spacial score (nSPS) is 25.4. The first-order valence-electron chi connectivity index (χ1n) is 14.1. The summed E-state index contributed by atoms with van der Waals surface area (Å²) < 4.78 is 86.7. The number of rotatable bonds is 10. The molecule has 2 heterocycles. The maximum absolute atomic E-state index is 13.3. The van der Waals surface area contributed by atoms with Gasteiger partial charge in [0.2, 0.25) is 0 Å². The maximum atomic E-state index is 13.3. The van der Waals surface area contributed by atoms with Crippen molar-refractivity contribution in [3.63, 3.8) is 0 Å². The Bertz CT molecular complexity index is 1570. The molecule has 0 bridgehead atoms. The Labute approximate surface area is 264 Å². The van der Waals surface area contributed by atoms with Crippen LogP contribution in [0.1, 0.15) is 49.8 Å². The van der Waals surface area contributed by atoms with Crippen LogP contribution >= 0.6 is 11.6 Å². The van der Waals surface area contributed by atoms with Crippen molar-refractivity contribution in [1.29, 1.82) is 0 Å². The number of nitrogens with zero attached hydrogens (tertiary/aromatic N) is 3. The highest BCUT2D eigenvalue weighted by Gasteiger charge is 2.65. The second-order valence-electron chi connectivity index (χ2n) is 11.4. The van der Waals surface area contributed by atoms with Gasteiger partial charge in [-0.3, -0.25) is 9.59 Å². The van der Waals surface area contributed by atoms with Gasteiger partial charge < -0.3 is 20.3 Å². The lowest BCUT2D eigenvalue weighted by Gasteiger charge is -2.56. The van der Waals surface area contributed by atoms with Crippen molar-refractivity contribution in [1.82, 2.24) is 20.3 Å². The second kappa shape index (κ2) is 12.8. The van der Waals surface area contributed by atoms with Crippen LogP contribution in [-0.4, -0.2) is 62.4 Å². The topological polar surface area (TPSA) is 127 Å². The molecular weight excluding hydrogens is 646 g/mol. The Morgan fingerprint density at radius 1 is 1.04 bits per heavy atom. The molecule has 0 radical (unpaired) electrons. The molecule has 1 saturated heterocycles. The highest BCUT2D eigenvalue weighted by molar-refractivity contribution is 6.31. The van der Waals surface area contributed by atoms with Gasteiger partial charge in [-0.25, -0.2) is 4.68 Å². The quantitative estimate of drug-likeness (QED) is 0.167. The first-order chi connectivity index (χ1) is 21.4. The molecule has 3 N–H and O–H groups in total. The SMILES string of the molecule is CCC1(C(=O)O)C(COCCn2cc(-c3cc(C(F)(F)F)cc(C(F)(F)F)c3)nn2)NC(C)C(C)(C(=O)O)C1c1ccccc1Cl. The Kier molecular flexibility index (Phi) is 9.82. The third-order valence-corrected chi connectivity index (χ3v) is 9.26. The van der Waals surface area contributed by atoms with Crippen LogP contribution in [-0.2, 0) is 33.2 Å². The summed E-state index contributed by atoms with van der Waals surface area (Å²) in [4.78, 5) is 25.8. The van der Waals surface area contributed by atoms with Crippen LogP contribution in [0.5, 0.6) is 0 Å². The minimum atomic E-state index is -5.03. The van der Waals surface area contributed by atoms with Gasteiger partial charge in [-0.1, -0.05) is 41.9 Å². The molecule has 250 valence electrons. The number of hydrogen-bond acceptors (Lipinski definition) is 6. The fourth-order valence-electron chi connectivity index (χ4n) is 6.30. The van der Waals surface area contributed by atoms with Gasteiger partial charge in [0, 0.05) is 28.6 Å². The number of halogens is 7. The molecule has 4 rings (SSSR count). The lowest BCUT2D eigenvalue weighted by atomic mass is 9.51. The zero-order valence-corrected chi connectivity index (χ0v) is 25.5. The third kappa shape index (κ3) is 6.45. The number of carboxylic acid groups (broad SMARTS) is 2. The summed E-state index contributed by atoms with van der Waals surface area (Å²) >= 11 is 6.51. The summed E-state index contributed by atoms with van der Waals surface area (Å²) in [6.07, 6.45) is -8.88. The molecule has 46 heavy (non-hydrogen) atoms. The molecule has 1 fully saturated rings. The minimum Gasteiger partial charge on any atom is -0.481 e. The van der Waals surface area contributed by atoms with Crippen molar-refractivity contribution in [2.45, 2.75) is 64.1 Å². The van der Waals surface area contributed by atoms with Gasteiger partial charge in [0.25, 0.3) is 0 Å². The largest absolute Gasteiger partial charge is 0.481 e. The average molecular weight is 677 g/mol. The number of benzene rings is 2. The van der Waals surface area contributed by atoms with E-state index in [0.29, 0.717) is 17.7 Å². The lowest BCUT2D eigenvalue weighted by molar-refractivity contribution is -0.174. The van der Waals surface area contributed by atoms with E-state index in [1.54, 1.807) is 38.1 Å². The highest BCUT2D eigenvalue weighted by Crippen LogP contribution is 2.58. The summed E-state index contributed by atoms with van der Waals surface area (Å²) in [5.74, 6) is -3.54. The van der Waals surface area contributed by atoms with Crippen LogP contribution < -0.4 is 5.32 Å². The van der Waals surface area contributed by atoms with Crippen LogP contribution in [0.15, 0.2) is 48.7 Å². The molecule has 0 spiro atoms. The van der Waals surface area contributed by atoms with E-state index in [2.05, 4.69) is 15.6 Å². The lowest BCUT2D eigenvalue weighted by Crippen LogP contribution is -2.70. The Morgan fingerprint density at radius 3 is 2.17 bits per heavy atom. The zero-order valence-electron chi connectivity index (χ0n) is 24.8. The van der Waals surface area contributed by atoms with E-state index in [1.807, 2.05) is 0 Å². The summed E-state index contributed by atoms with van der Waals surface area (Å²) in [7, 11) is 0. The van der Waals surface area contributed by atoms with E-state index in [4.69, 9.17) is 16.3 Å². The van der Waals surface area contributed by atoms with Gasteiger partial charge in [0.05, 0.1) is 47.9 Å². The smallest absolute Gasteiger partial charge is 0.416 e. The first kappa shape index (κ1) is 35.2. The van der Waals surface area contributed by atoms with Crippen molar-refractivity contribution in [2.24, 2.45) is 10.8 Å². The summed E-state index contributed by atoms with van der Waals surface area (Å²) in [5, 5.41) is 31.9. The third-order valence-electron chi connectivity index (χ3n) is 8.92. The standard InChI is InChI=1S/C30H31ClF6N4O5/c1-4-28(26(44)45)23(38-16(2)27(3,25(42)43)24(28)20-7-5-6-8-21(20)31)15-46-10-9-41-14-22(39-40-41)17-11-18(29(32,33)34)13-19(12-17)30(35,36)37/h5-8,11-14,16,23-24,38H,4,9-10,15H2,1-3H3,(H,42,43)(H,44,45). The molecule has 0 aliphatic carbocycles. The molecule has 1 aliphatic rings. The number of aromatic nitrogens is 3. The molecule has 9 nitrogen and oxygen atoms in total. The van der Waals surface area contributed by atoms with E-state index in [0.717, 1.165) is 4.68 Å². The molecular formula is C30H31ClF6N4O5. The zero-order chi connectivity index (χ0) is 34.2. The fraction of sp³-hybridized carbons (Fsp3) is 0.467. The summed E-state index contributed by atoms with van der Waals surface area (Å²) in [5.41, 5.74) is -6.56. The Hall–Kier alpha value is -3.69. The van der Waals surface area contributed by atoms with Gasteiger partial charge in [-0.05, 0) is 50.1 Å². The average Bonchev–Trinajstić information content (AvgIpc) is 3.45. The molecule has 2 aromatic carbocycles. The number of carbonyl (C=O) groups is 2. The maximum Gasteiger partial charge on any atom is 0.416 e. The van der Waals surface area contributed by atoms with Crippen LogP contribution in [0.2, 0.25) is 5.02 Å². The molecule has 5 unspecified atom stereocenters. The number of aliphatic carboxylic acids is 2. The predicted molar refractivity (Wildman–Crippen MR) is 153 cm³/mol. The van der Waals surface area contributed by atoms with Crippen molar-refractivity contribution >= 4 is 23.5 Å². The number of ether oxygens (including phenoxy) is 1. The summed E-state index contributed by atoms with van der Waals surface area (Å²) in [6.45, 7) is 4.44. The minimum absolute atomic E-state index is 0.0121. The van der Waals surface area contributed by atoms with Gasteiger partial charge in [0.15, 0.2) is 0 Å². The van der Waals surface area contributed by atoms with Gasteiger partial charge in [0.1, 0.15) is 5.69 Å². The van der Waals surface area contributed by atoms with E-state index in [1.165, 1.54) is 13.1 Å². The molecule has 0 amide bonds. The van der Waals surface area contributed by atoms with Crippen molar-refractivity contribution in [3.8, 4) is 11.3 Å². The molecule has 16 heteroatoms. The van der Waals surface area contributed by atoms with Crippen LogP contribution in [0.3, 0.4) is 0 Å². The number of hydrogen-bond donors (Lipinski definition) is 3. The van der Waals surface area contributed by atoms with Gasteiger partial charge >= 0.3 is 24.3 Å². The molecule has 0 saturated carbocycles. The first-order valence-corrected chi connectivity index (χ1v) is 14.5. The van der Waals surface area contributed by atoms with E-state index in [-0.39, 0.29) is 43.0 Å². The Balaban J connectivity index is 1.56. The number of carboxylic acids is 2. The van der Waals surface area contributed by atoms with Crippen molar-refractivity contribution < 1.29 is 50.9 Å².